The molecule has 1 aromatic heterocycles. The van der Waals surface area contributed by atoms with Crippen LogP contribution in [0.25, 0.3) is 11.5 Å². The highest BCUT2D eigenvalue weighted by atomic mass is 16.5. The van der Waals surface area contributed by atoms with E-state index in [0.717, 1.165) is 31.8 Å². The van der Waals surface area contributed by atoms with Gasteiger partial charge in [-0.25, -0.2) is 0 Å². The summed E-state index contributed by atoms with van der Waals surface area (Å²) in [5.74, 6) is 1.57. The average molecular weight is 245 g/mol. The molecule has 1 saturated heterocycles. The van der Waals surface area contributed by atoms with Crippen LogP contribution >= 0.6 is 0 Å². The summed E-state index contributed by atoms with van der Waals surface area (Å²) in [5.41, 5.74) is 0.583. The number of para-hydroxylation sites is 1. The molecule has 0 amide bonds. The van der Waals surface area contributed by atoms with Gasteiger partial charge in [-0.1, -0.05) is 17.3 Å². The van der Waals surface area contributed by atoms with E-state index in [-0.39, 0.29) is 5.75 Å². The summed E-state index contributed by atoms with van der Waals surface area (Å²) in [6.45, 7) is 1.94. The van der Waals surface area contributed by atoms with Gasteiger partial charge in [0.05, 0.1) is 5.56 Å². The van der Waals surface area contributed by atoms with E-state index in [1.165, 1.54) is 0 Å². The van der Waals surface area contributed by atoms with E-state index < -0.39 is 0 Å². The van der Waals surface area contributed by atoms with Gasteiger partial charge in [0.2, 0.25) is 0 Å². The molecule has 1 aliphatic rings. The maximum atomic E-state index is 9.74. The molecule has 5 heteroatoms. The first-order chi connectivity index (χ1) is 8.84. The number of hydrogen-bond acceptors (Lipinski definition) is 5. The lowest BCUT2D eigenvalue weighted by molar-refractivity contribution is 0.391. The number of aromatic hydroxyl groups is 1. The maximum Gasteiger partial charge on any atom is 0.261 e. The third kappa shape index (κ3) is 2.09. The molecule has 2 N–H and O–H groups in total. The van der Waals surface area contributed by atoms with Crippen LogP contribution in [0.2, 0.25) is 0 Å². The standard InChI is InChI=1S/C13H15N3O2/c17-11-6-2-1-5-10(11)13-15-12(16-18-13)9-4-3-7-14-8-9/h1-2,5-6,9,14,17H,3-4,7-8H2. The predicted octanol–water partition coefficient (Wildman–Crippen LogP) is 1.91. The fraction of sp³-hybridized carbons (Fsp3) is 0.385. The van der Waals surface area contributed by atoms with Crippen molar-refractivity contribution in [2.24, 2.45) is 0 Å². The molecule has 18 heavy (non-hydrogen) atoms. The summed E-state index contributed by atoms with van der Waals surface area (Å²) >= 11 is 0. The smallest absolute Gasteiger partial charge is 0.261 e. The van der Waals surface area contributed by atoms with Gasteiger partial charge in [0, 0.05) is 12.5 Å². The number of phenolic OH excluding ortho intramolecular Hbond substituents is 1. The van der Waals surface area contributed by atoms with Gasteiger partial charge in [-0.2, -0.15) is 4.98 Å². The van der Waals surface area contributed by atoms with Crippen LogP contribution in [-0.4, -0.2) is 28.3 Å². The van der Waals surface area contributed by atoms with Crippen molar-refractivity contribution in [1.82, 2.24) is 15.5 Å². The Hall–Kier alpha value is -1.88. The summed E-state index contributed by atoms with van der Waals surface area (Å²) in [6.07, 6.45) is 2.21. The molecule has 1 atom stereocenters. The first-order valence-electron chi connectivity index (χ1n) is 6.17. The molecule has 0 spiro atoms. The highest BCUT2D eigenvalue weighted by Gasteiger charge is 2.21. The molecule has 2 aromatic rings. The summed E-state index contributed by atoms with van der Waals surface area (Å²) in [6, 6.07) is 6.98. The van der Waals surface area contributed by atoms with Crippen LogP contribution in [0.3, 0.4) is 0 Å². The highest BCUT2D eigenvalue weighted by molar-refractivity contribution is 5.61. The molecular weight excluding hydrogens is 230 g/mol. The number of nitrogens with one attached hydrogen (secondary N) is 1. The Bertz CT molecular complexity index is 533. The number of aromatic nitrogens is 2. The molecule has 5 nitrogen and oxygen atoms in total. The first kappa shape index (κ1) is 11.2. The number of benzene rings is 1. The van der Waals surface area contributed by atoms with Crippen molar-refractivity contribution in [3.05, 3.63) is 30.1 Å². The average Bonchev–Trinajstić information content (AvgIpc) is 2.90. The lowest BCUT2D eigenvalue weighted by atomic mass is 9.99. The molecule has 0 bridgehead atoms. The Balaban J connectivity index is 1.87. The van der Waals surface area contributed by atoms with Crippen LogP contribution in [0.4, 0.5) is 0 Å². The number of hydrogen-bond donors (Lipinski definition) is 2. The van der Waals surface area contributed by atoms with Gasteiger partial charge in [-0.05, 0) is 31.5 Å². The SMILES string of the molecule is Oc1ccccc1-c1nc(C2CCCNC2)no1. The quantitative estimate of drug-likeness (QED) is 0.845. The third-order valence-corrected chi connectivity index (χ3v) is 3.24. The Morgan fingerprint density at radius 2 is 2.22 bits per heavy atom. The lowest BCUT2D eigenvalue weighted by Gasteiger charge is -2.19. The topological polar surface area (TPSA) is 71.2 Å². The Kier molecular flexibility index (Phi) is 2.98. The van der Waals surface area contributed by atoms with E-state index in [0.29, 0.717) is 17.4 Å². The maximum absolute atomic E-state index is 9.74. The molecule has 1 unspecified atom stereocenters. The highest BCUT2D eigenvalue weighted by Crippen LogP contribution is 2.29. The second-order valence-corrected chi connectivity index (χ2v) is 4.52. The molecule has 1 fully saturated rings. The van der Waals surface area contributed by atoms with Gasteiger partial charge >= 0.3 is 0 Å². The first-order valence-corrected chi connectivity index (χ1v) is 6.17. The fourth-order valence-corrected chi connectivity index (χ4v) is 2.24. The van der Waals surface area contributed by atoms with E-state index in [4.69, 9.17) is 4.52 Å². The van der Waals surface area contributed by atoms with Crippen molar-refractivity contribution >= 4 is 0 Å². The third-order valence-electron chi connectivity index (χ3n) is 3.24. The zero-order valence-corrected chi connectivity index (χ0v) is 9.97. The normalized spacial score (nSPS) is 19.9. The van der Waals surface area contributed by atoms with Gasteiger partial charge in [0.25, 0.3) is 5.89 Å². The summed E-state index contributed by atoms with van der Waals surface area (Å²) in [5, 5.41) is 17.1. The molecule has 0 radical (unpaired) electrons. The lowest BCUT2D eigenvalue weighted by Crippen LogP contribution is -2.28. The van der Waals surface area contributed by atoms with Crippen molar-refractivity contribution in [2.45, 2.75) is 18.8 Å². The van der Waals surface area contributed by atoms with E-state index in [9.17, 15) is 5.11 Å². The van der Waals surface area contributed by atoms with Gasteiger partial charge < -0.3 is 14.9 Å². The largest absolute Gasteiger partial charge is 0.507 e. The minimum Gasteiger partial charge on any atom is -0.507 e. The molecule has 0 saturated carbocycles. The van der Waals surface area contributed by atoms with Crippen LogP contribution in [-0.2, 0) is 0 Å². The minimum absolute atomic E-state index is 0.162. The van der Waals surface area contributed by atoms with Crippen LogP contribution in [0.15, 0.2) is 28.8 Å². The Morgan fingerprint density at radius 1 is 1.33 bits per heavy atom. The Morgan fingerprint density at radius 3 is 3.00 bits per heavy atom. The van der Waals surface area contributed by atoms with Gasteiger partial charge in [-0.15, -0.1) is 0 Å². The fourth-order valence-electron chi connectivity index (χ4n) is 2.24. The predicted molar refractivity (Wildman–Crippen MR) is 66.2 cm³/mol. The number of phenols is 1. The summed E-state index contributed by atoms with van der Waals surface area (Å²) < 4.78 is 5.24. The summed E-state index contributed by atoms with van der Waals surface area (Å²) in [4.78, 5) is 4.39. The van der Waals surface area contributed by atoms with Gasteiger partial charge in [0.15, 0.2) is 5.82 Å². The number of nitrogens with zero attached hydrogens (tertiary/aromatic N) is 2. The summed E-state index contributed by atoms with van der Waals surface area (Å²) in [7, 11) is 0. The second kappa shape index (κ2) is 4.78. The van der Waals surface area contributed by atoms with Crippen LogP contribution in [0.5, 0.6) is 5.75 Å². The van der Waals surface area contributed by atoms with Gasteiger partial charge in [-0.3, -0.25) is 0 Å². The van der Waals surface area contributed by atoms with Crippen LogP contribution in [0.1, 0.15) is 24.6 Å². The van der Waals surface area contributed by atoms with Gasteiger partial charge in [0.1, 0.15) is 5.75 Å². The number of piperidine rings is 1. The van der Waals surface area contributed by atoms with Crippen molar-refractivity contribution in [2.75, 3.05) is 13.1 Å². The van der Waals surface area contributed by atoms with Crippen molar-refractivity contribution in [3.8, 4) is 17.2 Å². The molecule has 94 valence electrons. The van der Waals surface area contributed by atoms with Crippen molar-refractivity contribution < 1.29 is 9.63 Å². The Labute approximate surface area is 105 Å². The minimum atomic E-state index is 0.162. The van der Waals surface area contributed by atoms with E-state index in [1.54, 1.807) is 18.2 Å². The number of rotatable bonds is 2. The molecule has 0 aliphatic carbocycles. The zero-order valence-electron chi connectivity index (χ0n) is 9.97. The second-order valence-electron chi connectivity index (χ2n) is 4.52. The van der Waals surface area contributed by atoms with Crippen molar-refractivity contribution in [3.63, 3.8) is 0 Å². The molecule has 1 aliphatic heterocycles. The van der Waals surface area contributed by atoms with Crippen LogP contribution < -0.4 is 5.32 Å². The molecular formula is C13H15N3O2. The van der Waals surface area contributed by atoms with E-state index >= 15 is 0 Å². The van der Waals surface area contributed by atoms with Crippen LogP contribution in [0, 0.1) is 0 Å². The molecule has 2 heterocycles. The van der Waals surface area contributed by atoms with E-state index in [2.05, 4.69) is 15.5 Å². The zero-order chi connectivity index (χ0) is 12.4. The van der Waals surface area contributed by atoms with E-state index in [1.807, 2.05) is 6.07 Å². The van der Waals surface area contributed by atoms with Crippen molar-refractivity contribution in [1.29, 1.82) is 0 Å². The monoisotopic (exact) mass is 245 g/mol. The molecule has 3 rings (SSSR count). The molecule has 1 aromatic carbocycles.